The molecule has 3 N–H and O–H groups in total. The molecule has 2 aromatic carbocycles. The number of aliphatic hydroxyl groups is 1. The lowest BCUT2D eigenvalue weighted by Crippen LogP contribution is -2.25. The summed E-state index contributed by atoms with van der Waals surface area (Å²) in [6, 6.07) is 12.2. The van der Waals surface area contributed by atoms with Crippen LogP contribution in [0.25, 0.3) is 0 Å². The van der Waals surface area contributed by atoms with Crippen molar-refractivity contribution in [1.29, 1.82) is 0 Å². The van der Waals surface area contributed by atoms with E-state index in [9.17, 15) is 9.90 Å². The first-order valence-electron chi connectivity index (χ1n) is 8.69. The first-order chi connectivity index (χ1) is 13.4. The number of amides is 1. The van der Waals surface area contributed by atoms with Gasteiger partial charge in [-0.15, -0.1) is 0 Å². The summed E-state index contributed by atoms with van der Waals surface area (Å²) in [6.07, 6.45) is 3.17. The van der Waals surface area contributed by atoms with Crippen molar-refractivity contribution in [2.45, 2.75) is 12.5 Å². The molecule has 6 nitrogen and oxygen atoms in total. The number of aromatic nitrogens is 2. The second-order valence-electron chi connectivity index (χ2n) is 6.34. The minimum absolute atomic E-state index is 0.212. The molecule has 146 valence electrons. The molecule has 3 rings (SSSR count). The van der Waals surface area contributed by atoms with E-state index in [-0.39, 0.29) is 5.91 Å². The lowest BCUT2D eigenvalue weighted by molar-refractivity contribution is 0.0942. The summed E-state index contributed by atoms with van der Waals surface area (Å²) in [5.41, 5.74) is 2.81. The number of nitrogens with one attached hydrogen (secondary N) is 2. The number of aryl methyl sites for hydroxylation is 1. The fraction of sp³-hybridized carbons (Fsp3) is 0.200. The molecule has 0 aliphatic carbocycles. The number of nitrogens with zero attached hydrogens (tertiary/aromatic N) is 2. The van der Waals surface area contributed by atoms with Crippen LogP contribution in [0.3, 0.4) is 0 Å². The van der Waals surface area contributed by atoms with Crippen molar-refractivity contribution in [2.75, 3.05) is 11.9 Å². The fourth-order valence-electron chi connectivity index (χ4n) is 2.70. The second kappa shape index (κ2) is 9.10. The smallest absolute Gasteiger partial charge is 0.251 e. The molecule has 0 aliphatic rings. The van der Waals surface area contributed by atoms with Gasteiger partial charge in [0.25, 0.3) is 5.91 Å². The molecule has 0 radical (unpaired) electrons. The van der Waals surface area contributed by atoms with Gasteiger partial charge in [0.1, 0.15) is 0 Å². The Kier molecular flexibility index (Phi) is 6.57. The minimum Gasteiger partial charge on any atom is -0.388 e. The van der Waals surface area contributed by atoms with Gasteiger partial charge in [0.05, 0.1) is 28.0 Å². The molecule has 0 fully saturated rings. The van der Waals surface area contributed by atoms with Crippen molar-refractivity contribution >= 4 is 40.5 Å². The number of halogens is 2. The zero-order valence-corrected chi connectivity index (χ0v) is 16.7. The van der Waals surface area contributed by atoms with Crippen molar-refractivity contribution in [3.63, 3.8) is 0 Å². The molecule has 1 atom stereocenters. The van der Waals surface area contributed by atoms with Crippen molar-refractivity contribution < 1.29 is 9.90 Å². The molecule has 0 bridgehead atoms. The van der Waals surface area contributed by atoms with Gasteiger partial charge >= 0.3 is 0 Å². The predicted octanol–water partition coefficient (Wildman–Crippen LogP) is 4.32. The van der Waals surface area contributed by atoms with Crippen LogP contribution < -0.4 is 10.6 Å². The van der Waals surface area contributed by atoms with Crippen LogP contribution in [0.2, 0.25) is 10.0 Å². The van der Waals surface area contributed by atoms with Crippen LogP contribution in [-0.2, 0) is 7.05 Å². The van der Waals surface area contributed by atoms with Gasteiger partial charge in [0.2, 0.25) is 0 Å². The zero-order chi connectivity index (χ0) is 20.1. The van der Waals surface area contributed by atoms with Crippen LogP contribution in [-0.4, -0.2) is 27.3 Å². The lowest BCUT2D eigenvalue weighted by Gasteiger charge is -2.13. The predicted molar refractivity (Wildman–Crippen MR) is 111 cm³/mol. The largest absolute Gasteiger partial charge is 0.388 e. The van der Waals surface area contributed by atoms with Crippen molar-refractivity contribution in [3.05, 3.63) is 76.0 Å². The van der Waals surface area contributed by atoms with E-state index >= 15 is 0 Å². The highest BCUT2D eigenvalue weighted by Gasteiger charge is 2.11. The van der Waals surface area contributed by atoms with Gasteiger partial charge in [-0.25, -0.2) is 0 Å². The van der Waals surface area contributed by atoms with Gasteiger partial charge in [-0.1, -0.05) is 35.3 Å². The molecule has 1 unspecified atom stereocenters. The van der Waals surface area contributed by atoms with Crippen LogP contribution in [0, 0.1) is 0 Å². The van der Waals surface area contributed by atoms with Gasteiger partial charge in [-0.3, -0.25) is 9.48 Å². The van der Waals surface area contributed by atoms with Crippen LogP contribution >= 0.6 is 23.2 Å². The average molecular weight is 419 g/mol. The van der Waals surface area contributed by atoms with Gasteiger partial charge in [-0.2, -0.15) is 5.10 Å². The van der Waals surface area contributed by atoms with Crippen molar-refractivity contribution in [1.82, 2.24) is 15.1 Å². The van der Waals surface area contributed by atoms with Crippen LogP contribution in [0.5, 0.6) is 0 Å². The molecule has 1 heterocycles. The number of hydrogen-bond donors (Lipinski definition) is 3. The standard InChI is InChI=1S/C20H20Cl2N4O2/c1-26-12-16(11-24-26)25-15-4-2-3-14(9-15)20(28)23-8-7-19(27)13-5-6-17(21)18(22)10-13/h2-6,9-12,19,25,27H,7-8H2,1H3,(H,23,28). The Morgan fingerprint density at radius 1 is 1.18 bits per heavy atom. The average Bonchev–Trinajstić information content (AvgIpc) is 3.08. The van der Waals surface area contributed by atoms with E-state index in [1.807, 2.05) is 19.3 Å². The number of hydrogen-bond acceptors (Lipinski definition) is 4. The number of benzene rings is 2. The summed E-state index contributed by atoms with van der Waals surface area (Å²) in [6.45, 7) is 0.320. The molecule has 8 heteroatoms. The summed E-state index contributed by atoms with van der Waals surface area (Å²) in [4.78, 5) is 12.4. The van der Waals surface area contributed by atoms with Crippen LogP contribution in [0.4, 0.5) is 11.4 Å². The monoisotopic (exact) mass is 418 g/mol. The summed E-state index contributed by atoms with van der Waals surface area (Å²) in [5, 5.41) is 21.2. The molecule has 1 aromatic heterocycles. The maximum absolute atomic E-state index is 12.4. The molecule has 3 aromatic rings. The highest BCUT2D eigenvalue weighted by Crippen LogP contribution is 2.26. The lowest BCUT2D eigenvalue weighted by atomic mass is 10.1. The van der Waals surface area contributed by atoms with E-state index in [0.29, 0.717) is 34.1 Å². The number of carbonyl (C=O) groups is 1. The van der Waals surface area contributed by atoms with E-state index in [2.05, 4.69) is 15.7 Å². The summed E-state index contributed by atoms with van der Waals surface area (Å²) >= 11 is 11.9. The summed E-state index contributed by atoms with van der Waals surface area (Å²) in [7, 11) is 1.83. The highest BCUT2D eigenvalue weighted by atomic mass is 35.5. The minimum atomic E-state index is -0.742. The van der Waals surface area contributed by atoms with Crippen molar-refractivity contribution in [3.8, 4) is 0 Å². The normalized spacial score (nSPS) is 11.9. The second-order valence-corrected chi connectivity index (χ2v) is 7.16. The third kappa shape index (κ3) is 5.25. The maximum atomic E-state index is 12.4. The van der Waals surface area contributed by atoms with Crippen LogP contribution in [0.1, 0.15) is 28.4 Å². The van der Waals surface area contributed by atoms with Gasteiger partial charge in [0, 0.05) is 31.0 Å². The third-order valence-corrected chi connectivity index (χ3v) is 4.89. The Morgan fingerprint density at radius 3 is 2.71 bits per heavy atom. The molecule has 28 heavy (non-hydrogen) atoms. The number of rotatable bonds is 7. The topological polar surface area (TPSA) is 79.2 Å². The number of carbonyl (C=O) groups excluding carboxylic acids is 1. The molecular weight excluding hydrogens is 399 g/mol. The zero-order valence-electron chi connectivity index (χ0n) is 15.2. The SMILES string of the molecule is Cn1cc(Nc2cccc(C(=O)NCCC(O)c3ccc(Cl)c(Cl)c3)c2)cn1. The first kappa shape index (κ1) is 20.2. The van der Waals surface area contributed by atoms with Gasteiger partial charge < -0.3 is 15.7 Å². The van der Waals surface area contributed by atoms with E-state index < -0.39 is 6.10 Å². The van der Waals surface area contributed by atoms with Crippen molar-refractivity contribution in [2.24, 2.45) is 7.05 Å². The van der Waals surface area contributed by atoms with E-state index in [0.717, 1.165) is 11.4 Å². The molecule has 0 aliphatic heterocycles. The Morgan fingerprint density at radius 2 is 2.00 bits per heavy atom. The van der Waals surface area contributed by atoms with Crippen LogP contribution in [0.15, 0.2) is 54.9 Å². The Hall–Kier alpha value is -2.54. The quantitative estimate of drug-likeness (QED) is 0.533. The van der Waals surface area contributed by atoms with Gasteiger partial charge in [0.15, 0.2) is 0 Å². The summed E-state index contributed by atoms with van der Waals surface area (Å²) in [5.74, 6) is -0.212. The summed E-state index contributed by atoms with van der Waals surface area (Å²) < 4.78 is 1.69. The Balaban J connectivity index is 1.54. The molecule has 0 saturated heterocycles. The number of anilines is 2. The Bertz CT molecular complexity index is 974. The molecular formula is C20H20Cl2N4O2. The maximum Gasteiger partial charge on any atom is 0.251 e. The fourth-order valence-corrected chi connectivity index (χ4v) is 3.01. The number of aliphatic hydroxyl groups excluding tert-OH is 1. The van der Waals surface area contributed by atoms with E-state index in [1.165, 1.54) is 0 Å². The highest BCUT2D eigenvalue weighted by molar-refractivity contribution is 6.42. The van der Waals surface area contributed by atoms with E-state index in [4.69, 9.17) is 23.2 Å². The van der Waals surface area contributed by atoms with Gasteiger partial charge in [-0.05, 0) is 42.3 Å². The first-order valence-corrected chi connectivity index (χ1v) is 9.45. The van der Waals surface area contributed by atoms with E-state index in [1.54, 1.807) is 47.3 Å². The molecule has 1 amide bonds. The molecule has 0 saturated carbocycles. The Labute approximate surface area is 173 Å². The third-order valence-electron chi connectivity index (χ3n) is 4.15. The molecule has 0 spiro atoms.